The van der Waals surface area contributed by atoms with Crippen LogP contribution in [0.3, 0.4) is 0 Å². The molecule has 3 amide bonds. The summed E-state index contributed by atoms with van der Waals surface area (Å²) in [7, 11) is 6.85. The number of amides is 3. The first-order valence-electron chi connectivity index (χ1n) is 19.1. The van der Waals surface area contributed by atoms with Gasteiger partial charge in [-0.2, -0.15) is 26.3 Å². The van der Waals surface area contributed by atoms with Crippen molar-refractivity contribution in [2.75, 3.05) is 54.4 Å². The van der Waals surface area contributed by atoms with E-state index in [1.54, 1.807) is 64.3 Å². The van der Waals surface area contributed by atoms with Gasteiger partial charge in [-0.05, 0) is 71.5 Å². The summed E-state index contributed by atoms with van der Waals surface area (Å²) in [5.74, 6) is -1.70. The van der Waals surface area contributed by atoms with E-state index in [4.69, 9.17) is 5.11 Å². The van der Waals surface area contributed by atoms with Crippen molar-refractivity contribution in [1.29, 1.82) is 0 Å². The fourth-order valence-corrected chi connectivity index (χ4v) is 8.22. The molecule has 0 radical (unpaired) electrons. The molecule has 2 heterocycles. The van der Waals surface area contributed by atoms with Gasteiger partial charge in [0, 0.05) is 82.2 Å². The van der Waals surface area contributed by atoms with E-state index in [1.807, 2.05) is 0 Å². The second kappa shape index (κ2) is 17.0. The maximum Gasteiger partial charge on any atom is 0.425 e. The van der Waals surface area contributed by atoms with Gasteiger partial charge in [0.25, 0.3) is 5.91 Å². The third-order valence-corrected chi connectivity index (χ3v) is 11.5. The van der Waals surface area contributed by atoms with Crippen molar-refractivity contribution in [1.82, 2.24) is 20.0 Å². The van der Waals surface area contributed by atoms with Crippen LogP contribution in [0, 0.1) is 25.7 Å². The minimum Gasteiger partial charge on any atom is -0.478 e. The van der Waals surface area contributed by atoms with Crippen LogP contribution in [0.5, 0.6) is 0 Å². The molecule has 2 saturated heterocycles. The van der Waals surface area contributed by atoms with Gasteiger partial charge in [-0.1, -0.05) is 48.5 Å². The van der Waals surface area contributed by atoms with Gasteiger partial charge in [0.15, 0.2) is 0 Å². The first-order valence-corrected chi connectivity index (χ1v) is 19.1. The van der Waals surface area contributed by atoms with E-state index in [1.165, 1.54) is 53.1 Å². The molecule has 0 bridgehead atoms. The molecule has 8 rings (SSSR count). The molecule has 4 aromatic carbocycles. The topological polar surface area (TPSA) is 151 Å². The van der Waals surface area contributed by atoms with Crippen molar-refractivity contribution in [3.05, 3.63) is 117 Å². The number of hydrogen-bond acceptors (Lipinski definition) is 7. The number of halogens is 7. The molecule has 2 aliphatic heterocycles. The van der Waals surface area contributed by atoms with E-state index in [9.17, 15) is 55.7 Å². The zero-order valence-electron chi connectivity index (χ0n) is 34.4. The van der Waals surface area contributed by atoms with Crippen LogP contribution in [0.15, 0.2) is 72.8 Å². The Balaban J connectivity index is 0.000000198. The molecule has 2 unspecified atom stereocenters. The van der Waals surface area contributed by atoms with Crippen molar-refractivity contribution in [3.8, 4) is 22.3 Å². The number of carbonyl (C=O) groups excluding carboxylic acids is 3. The Bertz CT molecular complexity index is 2430. The monoisotopic (exact) mass is 890 g/mol. The molecular weight excluding hydrogens is 846 g/mol. The minimum absolute atomic E-state index is 0. The van der Waals surface area contributed by atoms with E-state index in [0.29, 0.717) is 22.3 Å². The zero-order chi connectivity index (χ0) is 45.1. The molecule has 4 aliphatic rings. The molecule has 0 aromatic heterocycles. The van der Waals surface area contributed by atoms with E-state index in [0.717, 1.165) is 25.2 Å². The average Bonchev–Trinajstić information content (AvgIpc) is 3.58. The Labute approximate surface area is 359 Å². The van der Waals surface area contributed by atoms with Crippen LogP contribution in [-0.2, 0) is 20.8 Å². The minimum atomic E-state index is -4.96. The van der Waals surface area contributed by atoms with Gasteiger partial charge in [-0.25, -0.2) is 4.79 Å². The number of aryl methyl sites for hydroxylation is 2. The Morgan fingerprint density at radius 1 is 0.645 bits per heavy atom. The van der Waals surface area contributed by atoms with Gasteiger partial charge in [0.1, 0.15) is 0 Å². The fourth-order valence-electron chi connectivity index (χ4n) is 8.22. The predicted molar refractivity (Wildman–Crippen MR) is 219 cm³/mol. The van der Waals surface area contributed by atoms with E-state index in [2.05, 4.69) is 5.32 Å². The first-order chi connectivity index (χ1) is 28.4. The smallest absolute Gasteiger partial charge is 0.425 e. The number of likely N-dealkylation sites (tertiary alicyclic amines) is 1. The highest BCUT2D eigenvalue weighted by Crippen LogP contribution is 2.57. The van der Waals surface area contributed by atoms with Crippen LogP contribution in [0.4, 0.5) is 26.3 Å². The summed E-state index contributed by atoms with van der Waals surface area (Å²) in [4.78, 5) is 51.5. The van der Waals surface area contributed by atoms with Crippen LogP contribution in [-0.4, -0.2) is 120 Å². The third-order valence-electron chi connectivity index (χ3n) is 11.5. The highest BCUT2D eigenvalue weighted by Gasteiger charge is 2.62. The van der Waals surface area contributed by atoms with Crippen molar-refractivity contribution >= 4 is 36.1 Å². The summed E-state index contributed by atoms with van der Waals surface area (Å²) in [6, 6.07) is 16.4. The van der Waals surface area contributed by atoms with Gasteiger partial charge < -0.3 is 35.3 Å². The summed E-state index contributed by atoms with van der Waals surface area (Å²) in [6.07, 6.45) is -9.92. The summed E-state index contributed by atoms with van der Waals surface area (Å²) >= 11 is 0. The Hall–Kier alpha value is -5.49. The number of carboxylic acids is 1. The van der Waals surface area contributed by atoms with Gasteiger partial charge in [0.2, 0.25) is 23.0 Å². The highest BCUT2D eigenvalue weighted by atomic mass is 35.5. The van der Waals surface area contributed by atoms with Crippen LogP contribution in [0.2, 0.25) is 0 Å². The number of alkyl halides is 6. The molecule has 2 atom stereocenters. The lowest BCUT2D eigenvalue weighted by atomic mass is 9.88. The quantitative estimate of drug-likeness (QED) is 0.179. The van der Waals surface area contributed by atoms with E-state index in [-0.39, 0.29) is 88.1 Å². The normalized spacial score (nSPS) is 19.6. The third kappa shape index (κ3) is 7.91. The summed E-state index contributed by atoms with van der Waals surface area (Å²) in [5, 5.41) is 33.4. The molecule has 0 saturated carbocycles. The zero-order valence-corrected chi connectivity index (χ0v) is 35.2. The molecule has 62 heavy (non-hydrogen) atoms. The predicted octanol–water partition coefficient (Wildman–Crippen LogP) is 6.12. The van der Waals surface area contributed by atoms with Gasteiger partial charge in [0.05, 0.1) is 17.4 Å². The van der Waals surface area contributed by atoms with Crippen LogP contribution < -0.4 is 5.32 Å². The lowest BCUT2D eigenvalue weighted by molar-refractivity contribution is -0.247. The summed E-state index contributed by atoms with van der Waals surface area (Å²) in [6.45, 7) is 5.31. The molecule has 4 N–H and O–H groups in total. The van der Waals surface area contributed by atoms with Gasteiger partial charge >= 0.3 is 18.3 Å². The second-order valence-electron chi connectivity index (χ2n) is 16.0. The number of nitrogens with zero attached hydrogens (tertiary/aromatic N) is 3. The molecule has 18 heteroatoms. The number of hydrogen-bond donors (Lipinski definition) is 4. The number of benzene rings is 4. The lowest BCUT2D eigenvalue weighted by Crippen LogP contribution is -2.55. The number of aliphatic hydroxyl groups is 2. The van der Waals surface area contributed by atoms with Crippen molar-refractivity contribution in [3.63, 3.8) is 0 Å². The fraction of sp³-hybridized carbons (Fsp3) is 0.364. The number of fused-ring (bicyclic) bond motifs is 6. The first kappa shape index (κ1) is 47.6. The van der Waals surface area contributed by atoms with Crippen molar-refractivity contribution in [2.24, 2.45) is 11.8 Å². The molecule has 11 nitrogen and oxygen atoms in total. The molecule has 332 valence electrons. The average molecular weight is 891 g/mol. The summed E-state index contributed by atoms with van der Waals surface area (Å²) < 4.78 is 82.8. The lowest BCUT2D eigenvalue weighted by Gasteiger charge is -2.39. The molecule has 0 spiro atoms. The number of rotatable bonds is 4. The Kier molecular flexibility index (Phi) is 13.0. The maximum absolute atomic E-state index is 14.0. The molecule has 4 aromatic rings. The number of carboxylic acid groups (broad SMARTS) is 1. The molecule has 2 aliphatic carbocycles. The Morgan fingerprint density at radius 2 is 1.03 bits per heavy atom. The van der Waals surface area contributed by atoms with E-state index >= 15 is 0 Å². The van der Waals surface area contributed by atoms with Gasteiger partial charge in [-0.3, -0.25) is 14.4 Å². The van der Waals surface area contributed by atoms with E-state index < -0.39 is 41.0 Å². The van der Waals surface area contributed by atoms with Gasteiger partial charge in [-0.15, -0.1) is 12.4 Å². The number of nitrogens with one attached hydrogen (secondary N) is 1. The van der Waals surface area contributed by atoms with Crippen molar-refractivity contribution < 1.29 is 60.8 Å². The highest BCUT2D eigenvalue weighted by molar-refractivity contribution is 5.98. The van der Waals surface area contributed by atoms with Crippen LogP contribution >= 0.6 is 12.4 Å². The second-order valence-corrected chi connectivity index (χ2v) is 16.0. The maximum atomic E-state index is 14.0. The molecule has 2 fully saturated rings. The number of carbonyl (C=O) groups is 4. The standard InChI is InChI=1S/C22H21F3N2O3.C16H11F3O3.C6H12N2O.ClH/c1-12-8-13(20(29)27-10-14(11-27)19(28)26(2)3)9-17-18(12)15-6-4-5-7-16(15)21(17,30)22(23,24)25;1-8-6-9(14(20)21)7-12-13(8)10-4-2-3-5-11(10)15(12,22)16(17,18)19;1-8(2)6(9)5-3-7-4-5;/h4-9,14,30H,10-11H2,1-3H3;2-7,22H,1H3,(H,20,21);5,7H,3-4H2,1-2H3;1H. The number of aromatic carboxylic acids is 1. The van der Waals surface area contributed by atoms with Crippen molar-refractivity contribution in [2.45, 2.75) is 37.4 Å². The van der Waals surface area contributed by atoms with Crippen LogP contribution in [0.1, 0.15) is 54.1 Å². The molecular formula is C44H45ClF6N4O7. The Morgan fingerprint density at radius 3 is 1.39 bits per heavy atom. The largest absolute Gasteiger partial charge is 0.478 e. The summed E-state index contributed by atoms with van der Waals surface area (Å²) in [5.41, 5.74) is -5.91. The van der Waals surface area contributed by atoms with Crippen LogP contribution in [0.25, 0.3) is 22.3 Å². The SMILES string of the molecule is CN(C)C(=O)C1CNC1.Cc1cc(C(=O)N2CC(C(=O)N(C)C)C2)cc2c1-c1ccccc1C2(O)C(F)(F)F.Cc1cc(C(=O)O)cc2c1-c1ccccc1C2(O)C(F)(F)F.Cl.